The average Bonchev–Trinajstić information content (AvgIpc) is 3.85. The number of rotatable bonds is 8. The van der Waals surface area contributed by atoms with E-state index in [0.29, 0.717) is 16.8 Å². The summed E-state index contributed by atoms with van der Waals surface area (Å²) in [7, 11) is -2.00. The number of carbonyl (C=O) groups is 1. The molecule has 0 N–H and O–H groups in total. The molecule has 4 aromatic heterocycles. The minimum atomic E-state index is -3.35. The van der Waals surface area contributed by atoms with Gasteiger partial charge in [-0.05, 0) is 41.0 Å². The second-order valence-electron chi connectivity index (χ2n) is 10.8. The number of fused-ring (bicyclic) bond motifs is 1. The molecule has 0 aliphatic rings. The molecule has 3 aromatic carbocycles. The fraction of sp³-hybridized carbons (Fsp3) is 0.0833. The van der Waals surface area contributed by atoms with Gasteiger partial charge in [-0.1, -0.05) is 91.0 Å². The van der Waals surface area contributed by atoms with Crippen molar-refractivity contribution in [3.8, 4) is 21.7 Å². The maximum atomic E-state index is 13.4. The SMILES string of the molecule is COC(=O)c1nn(C(c2ccccc2)(c2ccccc2)c2ccccc2)cc1-c1ccc2ncc(-c3ccc(S(C)(=O)=O)s3)n2c1. The van der Waals surface area contributed by atoms with E-state index >= 15 is 0 Å². The molecule has 0 amide bonds. The lowest BCUT2D eigenvalue weighted by Crippen LogP contribution is -2.38. The van der Waals surface area contributed by atoms with E-state index in [4.69, 9.17) is 9.84 Å². The van der Waals surface area contributed by atoms with Gasteiger partial charge in [-0.2, -0.15) is 5.10 Å². The standard InChI is InChI=1S/C36H28N4O4S2/c1-44-35(41)34-29(25-18-20-32-37-22-30(39(32)23-25)31-19-21-33(45-31)46(2,42)43)24-40(38-34)36(26-12-6-3-7-13-26,27-14-8-4-9-15-27)28-16-10-5-11-17-28/h3-24H,1-2H3. The summed E-state index contributed by atoms with van der Waals surface area (Å²) in [5, 5.41) is 4.99. The van der Waals surface area contributed by atoms with Crippen LogP contribution >= 0.6 is 11.3 Å². The van der Waals surface area contributed by atoms with Crippen LogP contribution in [0.4, 0.5) is 0 Å². The molecule has 0 unspecified atom stereocenters. The number of benzene rings is 3. The number of hydrogen-bond acceptors (Lipinski definition) is 7. The molecule has 4 heterocycles. The molecule has 8 nitrogen and oxygen atoms in total. The highest BCUT2D eigenvalue weighted by atomic mass is 32.2. The van der Waals surface area contributed by atoms with Gasteiger partial charge < -0.3 is 4.74 Å². The second-order valence-corrected chi connectivity index (χ2v) is 14.1. The number of imidazole rings is 1. The van der Waals surface area contributed by atoms with Crippen LogP contribution in [0.5, 0.6) is 0 Å². The van der Waals surface area contributed by atoms with E-state index in [2.05, 4.69) is 41.4 Å². The Morgan fingerprint density at radius 3 is 1.89 bits per heavy atom. The van der Waals surface area contributed by atoms with E-state index in [0.717, 1.165) is 27.3 Å². The molecule has 7 rings (SSSR count). The minimum absolute atomic E-state index is 0.158. The van der Waals surface area contributed by atoms with Gasteiger partial charge >= 0.3 is 5.97 Å². The number of aromatic nitrogens is 4. The van der Waals surface area contributed by atoms with E-state index in [1.807, 2.05) is 88.2 Å². The van der Waals surface area contributed by atoms with Crippen LogP contribution in [-0.4, -0.2) is 46.9 Å². The number of ether oxygens (including phenoxy) is 1. The maximum Gasteiger partial charge on any atom is 0.359 e. The molecule has 0 radical (unpaired) electrons. The first kappa shape index (κ1) is 29.4. The molecule has 0 aliphatic carbocycles. The zero-order valence-corrected chi connectivity index (χ0v) is 26.6. The lowest BCUT2D eigenvalue weighted by Gasteiger charge is -2.36. The Labute approximate surface area is 270 Å². The first-order valence-electron chi connectivity index (χ1n) is 14.4. The van der Waals surface area contributed by atoms with Crippen LogP contribution in [0, 0.1) is 0 Å². The zero-order valence-electron chi connectivity index (χ0n) is 24.9. The molecule has 0 fully saturated rings. The second kappa shape index (κ2) is 11.6. The Morgan fingerprint density at radius 2 is 1.37 bits per heavy atom. The summed E-state index contributed by atoms with van der Waals surface area (Å²) >= 11 is 1.19. The highest BCUT2D eigenvalue weighted by molar-refractivity contribution is 7.92. The topological polar surface area (TPSA) is 95.6 Å². The minimum Gasteiger partial charge on any atom is -0.464 e. The molecule has 46 heavy (non-hydrogen) atoms. The van der Waals surface area contributed by atoms with Crippen molar-refractivity contribution in [2.45, 2.75) is 9.75 Å². The first-order chi connectivity index (χ1) is 22.3. The Morgan fingerprint density at radius 1 is 0.783 bits per heavy atom. The molecule has 0 saturated heterocycles. The van der Waals surface area contributed by atoms with Crippen molar-refractivity contribution in [1.82, 2.24) is 19.2 Å². The van der Waals surface area contributed by atoms with Crippen molar-refractivity contribution >= 4 is 32.8 Å². The van der Waals surface area contributed by atoms with Crippen LogP contribution in [0.2, 0.25) is 0 Å². The van der Waals surface area contributed by atoms with Gasteiger partial charge in [0.05, 0.1) is 23.9 Å². The number of sulfone groups is 1. The Bertz CT molecular complexity index is 2200. The van der Waals surface area contributed by atoms with Crippen molar-refractivity contribution in [3.05, 3.63) is 156 Å². The van der Waals surface area contributed by atoms with Crippen molar-refractivity contribution in [3.63, 3.8) is 0 Å². The van der Waals surface area contributed by atoms with E-state index in [1.54, 1.807) is 18.3 Å². The molecule has 10 heteroatoms. The average molecular weight is 645 g/mol. The van der Waals surface area contributed by atoms with Crippen LogP contribution in [-0.2, 0) is 20.1 Å². The molecular weight excluding hydrogens is 617 g/mol. The quantitative estimate of drug-likeness (QED) is 0.131. The predicted molar refractivity (Wildman–Crippen MR) is 179 cm³/mol. The fourth-order valence-electron chi connectivity index (χ4n) is 5.92. The summed E-state index contributed by atoms with van der Waals surface area (Å²) in [6.07, 6.45) is 6.69. The number of nitrogens with zero attached hydrogens (tertiary/aromatic N) is 4. The summed E-state index contributed by atoms with van der Waals surface area (Å²) in [4.78, 5) is 18.7. The third-order valence-electron chi connectivity index (χ3n) is 8.03. The summed E-state index contributed by atoms with van der Waals surface area (Å²) < 4.78 is 33.6. The Balaban J connectivity index is 1.48. The molecule has 228 valence electrons. The van der Waals surface area contributed by atoms with Crippen molar-refractivity contribution in [2.24, 2.45) is 0 Å². The van der Waals surface area contributed by atoms with Gasteiger partial charge in [-0.15, -0.1) is 11.3 Å². The van der Waals surface area contributed by atoms with Gasteiger partial charge in [0.25, 0.3) is 0 Å². The number of esters is 1. The monoisotopic (exact) mass is 644 g/mol. The number of methoxy groups -OCH3 is 1. The van der Waals surface area contributed by atoms with E-state index in [1.165, 1.54) is 24.7 Å². The highest BCUT2D eigenvalue weighted by Crippen LogP contribution is 2.42. The first-order valence-corrected chi connectivity index (χ1v) is 17.1. The molecule has 0 spiro atoms. The Kier molecular flexibility index (Phi) is 7.38. The maximum absolute atomic E-state index is 13.4. The van der Waals surface area contributed by atoms with Gasteiger partial charge in [-0.3, -0.25) is 9.08 Å². The molecule has 0 saturated carbocycles. The third kappa shape index (κ3) is 4.92. The third-order valence-corrected chi connectivity index (χ3v) is 11.0. The molecule has 0 atom stereocenters. The highest BCUT2D eigenvalue weighted by Gasteiger charge is 2.40. The molecule has 0 bridgehead atoms. The lowest BCUT2D eigenvalue weighted by atomic mass is 9.77. The van der Waals surface area contributed by atoms with Crippen LogP contribution in [0.1, 0.15) is 27.2 Å². The van der Waals surface area contributed by atoms with Crippen LogP contribution in [0.3, 0.4) is 0 Å². The van der Waals surface area contributed by atoms with E-state index in [-0.39, 0.29) is 9.90 Å². The van der Waals surface area contributed by atoms with Gasteiger partial charge in [0.15, 0.2) is 15.5 Å². The van der Waals surface area contributed by atoms with Gasteiger partial charge in [0, 0.05) is 29.8 Å². The van der Waals surface area contributed by atoms with Crippen LogP contribution in [0.15, 0.2) is 138 Å². The largest absolute Gasteiger partial charge is 0.464 e. The van der Waals surface area contributed by atoms with E-state index < -0.39 is 21.3 Å². The molecule has 0 aliphatic heterocycles. The Hall–Kier alpha value is -5.32. The van der Waals surface area contributed by atoms with Gasteiger partial charge in [0.2, 0.25) is 0 Å². The van der Waals surface area contributed by atoms with Crippen LogP contribution < -0.4 is 0 Å². The van der Waals surface area contributed by atoms with Crippen LogP contribution in [0.25, 0.3) is 27.3 Å². The summed E-state index contributed by atoms with van der Waals surface area (Å²) in [5.74, 6) is -0.571. The predicted octanol–water partition coefficient (Wildman–Crippen LogP) is 6.96. The lowest BCUT2D eigenvalue weighted by molar-refractivity contribution is 0.0593. The summed E-state index contributed by atoms with van der Waals surface area (Å²) in [6.45, 7) is 0. The normalized spacial score (nSPS) is 12.0. The number of hydrogen-bond donors (Lipinski definition) is 0. The van der Waals surface area contributed by atoms with E-state index in [9.17, 15) is 13.2 Å². The zero-order chi connectivity index (χ0) is 31.9. The van der Waals surface area contributed by atoms with Crippen molar-refractivity contribution in [2.75, 3.05) is 13.4 Å². The smallest absolute Gasteiger partial charge is 0.359 e. The summed E-state index contributed by atoms with van der Waals surface area (Å²) in [5.41, 5.74) is 4.80. The fourth-order valence-corrected chi connectivity index (χ4v) is 7.85. The van der Waals surface area contributed by atoms with Crippen molar-refractivity contribution < 1.29 is 17.9 Å². The number of carbonyl (C=O) groups excluding carboxylic acids is 1. The van der Waals surface area contributed by atoms with Gasteiger partial charge in [0.1, 0.15) is 15.4 Å². The van der Waals surface area contributed by atoms with Crippen molar-refractivity contribution in [1.29, 1.82) is 0 Å². The number of thiophene rings is 1. The summed E-state index contributed by atoms with van der Waals surface area (Å²) in [6, 6.07) is 37.4. The number of pyridine rings is 1. The van der Waals surface area contributed by atoms with Gasteiger partial charge in [-0.25, -0.2) is 18.2 Å². The molecular formula is C36H28N4O4S2. The molecule has 7 aromatic rings.